The summed E-state index contributed by atoms with van der Waals surface area (Å²) in [6.45, 7) is 18.6. The SMILES string of the molecule is CC[C@H](C)[C@@H]([C@@H](CC(=O)N1CCC[C@H]1[C@H](OC)C(C)C(=O)N[C@H](C)[C@@H](O)c1ccccc1)OC)N(C)C(=O)[C@@H](NC(=O)[C@H](C(C)C)N(C)C(=O)OCc1ccc(NC(=O)[C@H](CCCNC(N)=O)NC(=O)C(NC(=O)CCCCCN2C(=O)CC(S)C2=O)C(C)C)cc1)C(C)C. The van der Waals surface area contributed by atoms with E-state index in [1.165, 1.54) is 31.1 Å². The van der Waals surface area contributed by atoms with Gasteiger partial charge in [0.15, 0.2) is 0 Å². The second-order valence-corrected chi connectivity index (χ2v) is 26.8. The molecule has 2 aromatic carbocycles. The molecule has 2 heterocycles. The summed E-state index contributed by atoms with van der Waals surface area (Å²) in [5, 5.41) is 27.0. The van der Waals surface area contributed by atoms with Crippen LogP contribution < -0.4 is 37.6 Å². The molecule has 0 aliphatic carbocycles. The van der Waals surface area contributed by atoms with E-state index in [4.69, 9.17) is 19.9 Å². The lowest BCUT2D eigenvalue weighted by Crippen LogP contribution is -2.60. The number of aliphatic hydroxyl groups is 1. The van der Waals surface area contributed by atoms with E-state index in [9.17, 15) is 57.8 Å². The summed E-state index contributed by atoms with van der Waals surface area (Å²) in [5.74, 6) is -5.88. The number of likely N-dealkylation sites (tertiary alicyclic amines) is 2. The Morgan fingerprint density at radius 3 is 1.97 bits per heavy atom. The largest absolute Gasteiger partial charge is 0.445 e. The molecule has 0 spiro atoms. The van der Waals surface area contributed by atoms with E-state index in [0.717, 1.165) is 0 Å². The number of likely N-dealkylation sites (N-methyl/N-ethyl adjacent to an activating group) is 2. The van der Waals surface area contributed by atoms with Crippen LogP contribution >= 0.6 is 12.6 Å². The summed E-state index contributed by atoms with van der Waals surface area (Å²) in [4.78, 5) is 153. The molecule has 2 aromatic rings. The third-order valence-corrected chi connectivity index (χ3v) is 18.4. The van der Waals surface area contributed by atoms with Crippen LogP contribution in [-0.2, 0) is 64.0 Å². The van der Waals surface area contributed by atoms with E-state index in [-0.39, 0.29) is 87.3 Å². The van der Waals surface area contributed by atoms with Crippen molar-refractivity contribution in [2.24, 2.45) is 35.3 Å². The zero-order chi connectivity index (χ0) is 71.0. The van der Waals surface area contributed by atoms with Gasteiger partial charge in [-0.05, 0) is 92.4 Å². The van der Waals surface area contributed by atoms with Gasteiger partial charge in [0.25, 0.3) is 0 Å². The minimum atomic E-state index is -1.12. The number of anilines is 1. The van der Waals surface area contributed by atoms with Crippen LogP contribution in [0.15, 0.2) is 54.6 Å². The van der Waals surface area contributed by atoms with E-state index in [2.05, 4.69) is 44.5 Å². The highest BCUT2D eigenvalue weighted by molar-refractivity contribution is 7.81. The Balaban J connectivity index is 1.37. The van der Waals surface area contributed by atoms with Crippen LogP contribution in [0.3, 0.4) is 0 Å². The number of thiol groups is 1. The van der Waals surface area contributed by atoms with Crippen molar-refractivity contribution < 1.29 is 72.1 Å². The van der Waals surface area contributed by atoms with Crippen molar-refractivity contribution >= 4 is 83.6 Å². The molecule has 26 nitrogen and oxygen atoms in total. The van der Waals surface area contributed by atoms with Gasteiger partial charge in [-0.1, -0.05) is 118 Å². The lowest BCUT2D eigenvalue weighted by molar-refractivity contribution is -0.148. The van der Waals surface area contributed by atoms with Gasteiger partial charge in [-0.3, -0.25) is 53.0 Å². The van der Waals surface area contributed by atoms with Gasteiger partial charge in [0.2, 0.25) is 53.2 Å². The molecule has 2 aliphatic heterocycles. The monoisotopic (exact) mass is 1350 g/mol. The summed E-state index contributed by atoms with van der Waals surface area (Å²) < 4.78 is 17.8. The Morgan fingerprint density at radius 1 is 0.747 bits per heavy atom. The van der Waals surface area contributed by atoms with Crippen LogP contribution in [0.2, 0.25) is 0 Å². The lowest BCUT2D eigenvalue weighted by atomic mass is 9.89. The molecule has 12 amide bonds. The highest BCUT2D eigenvalue weighted by Crippen LogP contribution is 2.31. The van der Waals surface area contributed by atoms with Crippen LogP contribution in [0.5, 0.6) is 0 Å². The Bertz CT molecular complexity index is 2890. The number of ether oxygens (including phenoxy) is 3. The number of primary amides is 1. The van der Waals surface area contributed by atoms with E-state index in [1.807, 2.05) is 32.0 Å². The van der Waals surface area contributed by atoms with Crippen molar-refractivity contribution in [2.75, 3.05) is 53.3 Å². The maximum absolute atomic E-state index is 14.8. The molecule has 4 rings (SSSR count). The minimum absolute atomic E-state index is 0.0628. The van der Waals surface area contributed by atoms with Crippen molar-refractivity contribution in [3.63, 3.8) is 0 Å². The Morgan fingerprint density at radius 2 is 1.40 bits per heavy atom. The molecule has 9 N–H and O–H groups in total. The van der Waals surface area contributed by atoms with Gasteiger partial charge in [-0.25, -0.2) is 9.59 Å². The number of benzene rings is 2. The first-order valence-electron chi connectivity index (χ1n) is 33.3. The number of carbonyl (C=O) groups is 11. The van der Waals surface area contributed by atoms with Gasteiger partial charge in [-0.2, -0.15) is 12.6 Å². The molecule has 95 heavy (non-hydrogen) atoms. The molecule has 0 bridgehead atoms. The third-order valence-electron chi connectivity index (χ3n) is 18.0. The Kier molecular flexibility index (Phi) is 32.9. The van der Waals surface area contributed by atoms with E-state index in [1.54, 1.807) is 109 Å². The van der Waals surface area contributed by atoms with Gasteiger partial charge >= 0.3 is 12.1 Å². The molecule has 3 unspecified atom stereocenters. The first-order valence-corrected chi connectivity index (χ1v) is 33.8. The number of nitrogens with two attached hydrogens (primary N) is 1. The highest BCUT2D eigenvalue weighted by Gasteiger charge is 2.44. The number of aliphatic hydroxyl groups excluding tert-OH is 1. The van der Waals surface area contributed by atoms with Gasteiger partial charge in [0.05, 0.1) is 54.0 Å². The molecular weight excluding hydrogens is 1240 g/mol. The van der Waals surface area contributed by atoms with Crippen molar-refractivity contribution in [2.45, 2.75) is 212 Å². The number of nitrogens with one attached hydrogen (secondary N) is 6. The van der Waals surface area contributed by atoms with Crippen molar-refractivity contribution in [3.05, 3.63) is 65.7 Å². The number of rotatable bonds is 38. The smallest absolute Gasteiger partial charge is 0.410 e. The van der Waals surface area contributed by atoms with Crippen LogP contribution in [0.1, 0.15) is 157 Å². The van der Waals surface area contributed by atoms with Crippen LogP contribution in [0.25, 0.3) is 0 Å². The number of hydrogen-bond acceptors (Lipinski definition) is 16. The number of methoxy groups -OCH3 is 2. The fraction of sp³-hybridized carbons (Fsp3) is 0.662. The number of hydrogen-bond donors (Lipinski definition) is 9. The molecular formula is C68H107N11O15S. The normalized spacial score (nSPS) is 18.3. The number of imide groups is 1. The van der Waals surface area contributed by atoms with Crippen LogP contribution in [-0.4, -0.2) is 198 Å². The first kappa shape index (κ1) is 80.1. The number of amides is 12. The second kappa shape index (κ2) is 39.0. The van der Waals surface area contributed by atoms with Gasteiger partial charge in [0.1, 0.15) is 30.8 Å². The topological polar surface area (TPSA) is 347 Å². The quantitative estimate of drug-likeness (QED) is 0.0237. The van der Waals surface area contributed by atoms with E-state index >= 15 is 0 Å². The standard InChI is InChI=1S/C68H107N11O15S/c1-15-42(8)58(50(92-13)36-53(81)78-35-23-27-49(78)60(93-14)43(9)61(84)71-44(10)59(83)46-24-18-16-19-25-46)76(11)66(89)56(40(4)5)75-64(87)57(41(6)7)77(12)68(91)94-38-45-29-31-47(32-30-45)72-62(85)48(26-22-33-70-67(69)90)73-63(86)55(39(2)3)74-52(80)28-20-17-21-34-79-54(82)37-51(95)65(79)88/h16,18-19,24-25,29-32,39-44,48-51,55-60,83,95H,15,17,20-23,26-28,33-38H2,1-14H3,(H,71,84)(H,72,85)(H,73,86)(H,74,80)(H,75,87)(H3,69,70,90)/t42-,43?,44+,48-,49-,50+,51?,55?,56-,57-,58-,59+,60+/m0/s1. The van der Waals surface area contributed by atoms with Crippen molar-refractivity contribution in [1.82, 2.24) is 46.2 Å². The Hall–Kier alpha value is -7.36. The van der Waals surface area contributed by atoms with Crippen LogP contribution in [0, 0.1) is 29.6 Å². The molecule has 0 aromatic heterocycles. The molecule has 27 heteroatoms. The maximum atomic E-state index is 14.8. The van der Waals surface area contributed by atoms with Crippen molar-refractivity contribution in [3.8, 4) is 0 Å². The summed E-state index contributed by atoms with van der Waals surface area (Å²) in [5.41, 5.74) is 6.77. The average molecular weight is 1350 g/mol. The average Bonchev–Trinajstić information content (AvgIpc) is 1.78. The molecule has 2 aliphatic rings. The lowest BCUT2D eigenvalue weighted by Gasteiger charge is -2.41. The zero-order valence-corrected chi connectivity index (χ0v) is 58.9. The zero-order valence-electron chi connectivity index (χ0n) is 58.0. The Labute approximate surface area is 566 Å². The molecule has 0 radical (unpaired) electrons. The highest BCUT2D eigenvalue weighted by atomic mass is 32.1. The second-order valence-electron chi connectivity index (χ2n) is 26.2. The minimum Gasteiger partial charge on any atom is -0.445 e. The summed E-state index contributed by atoms with van der Waals surface area (Å²) in [7, 11) is 6.08. The van der Waals surface area contributed by atoms with Crippen molar-refractivity contribution in [1.29, 1.82) is 0 Å². The fourth-order valence-electron chi connectivity index (χ4n) is 12.3. The predicted molar refractivity (Wildman–Crippen MR) is 362 cm³/mol. The van der Waals surface area contributed by atoms with E-state index < -0.39 is 125 Å². The number of urea groups is 1. The number of carbonyl (C=O) groups excluding carboxylic acids is 11. The van der Waals surface area contributed by atoms with Gasteiger partial charge < -0.3 is 66.8 Å². The van der Waals surface area contributed by atoms with E-state index in [0.29, 0.717) is 61.9 Å². The maximum Gasteiger partial charge on any atom is 0.410 e. The molecule has 13 atom stereocenters. The van der Waals surface area contributed by atoms with Crippen LogP contribution in [0.4, 0.5) is 15.3 Å². The predicted octanol–water partition coefficient (Wildman–Crippen LogP) is 5.21. The summed E-state index contributed by atoms with van der Waals surface area (Å²) in [6.07, 6.45) is 0.559. The number of nitrogens with zero attached hydrogens (tertiary/aromatic N) is 4. The summed E-state index contributed by atoms with van der Waals surface area (Å²) >= 11 is 4.15. The molecule has 0 saturated carbocycles. The number of unbranched alkanes of at least 4 members (excludes halogenated alkanes) is 2. The third kappa shape index (κ3) is 23.5. The summed E-state index contributed by atoms with van der Waals surface area (Å²) in [6, 6.07) is 8.73. The molecule has 530 valence electrons. The molecule has 2 saturated heterocycles. The van der Waals surface area contributed by atoms with Gasteiger partial charge in [-0.15, -0.1) is 0 Å². The fourth-order valence-corrected chi connectivity index (χ4v) is 12.6. The first-order chi connectivity index (χ1) is 44.9. The molecule has 2 fully saturated rings. The van der Waals surface area contributed by atoms with Gasteiger partial charge in [0, 0.05) is 66.5 Å².